The quantitative estimate of drug-likeness (QED) is 0.532. The van der Waals surface area contributed by atoms with Gasteiger partial charge in [-0.1, -0.05) is 19.8 Å². The molecule has 0 heterocycles. The monoisotopic (exact) mass is 132 g/mol. The van der Waals surface area contributed by atoms with E-state index in [0.29, 0.717) is 5.78 Å². The molecule has 2 N–H and O–H groups in total. The summed E-state index contributed by atoms with van der Waals surface area (Å²) in [5.41, 5.74) is 0. The van der Waals surface area contributed by atoms with E-state index in [2.05, 4.69) is 6.92 Å². The van der Waals surface area contributed by atoms with Crippen LogP contribution in [0.2, 0.25) is 0 Å². The van der Waals surface area contributed by atoms with Crippen LogP contribution in [0.25, 0.3) is 0 Å². The zero-order chi connectivity index (χ0) is 6.41. The van der Waals surface area contributed by atoms with Crippen LogP contribution in [0.3, 0.4) is 0 Å². The number of hydrogen-bond donors (Lipinski definition) is 0. The van der Waals surface area contributed by atoms with Crippen LogP contribution in [0.15, 0.2) is 0 Å². The Morgan fingerprint density at radius 3 is 2.22 bits per heavy atom. The Morgan fingerprint density at radius 1 is 1.33 bits per heavy atom. The summed E-state index contributed by atoms with van der Waals surface area (Å²) in [5.74, 6) is 0.318. The number of rotatable bonds is 4. The molecule has 2 heteroatoms. The van der Waals surface area contributed by atoms with Crippen molar-refractivity contribution >= 4 is 5.78 Å². The van der Waals surface area contributed by atoms with Crippen LogP contribution in [-0.4, -0.2) is 11.3 Å². The van der Waals surface area contributed by atoms with Crippen molar-refractivity contribution in [2.45, 2.75) is 39.5 Å². The fourth-order valence-corrected chi connectivity index (χ4v) is 0.624. The van der Waals surface area contributed by atoms with Gasteiger partial charge in [0.25, 0.3) is 0 Å². The first kappa shape index (κ1) is 11.4. The lowest BCUT2D eigenvalue weighted by molar-refractivity contribution is -0.117. The Balaban J connectivity index is 0. The minimum absolute atomic E-state index is 0. The van der Waals surface area contributed by atoms with E-state index >= 15 is 0 Å². The molecule has 0 aromatic carbocycles. The summed E-state index contributed by atoms with van der Waals surface area (Å²) in [6, 6.07) is 0. The van der Waals surface area contributed by atoms with E-state index in [1.54, 1.807) is 6.92 Å². The Morgan fingerprint density at radius 2 is 1.89 bits per heavy atom. The van der Waals surface area contributed by atoms with Gasteiger partial charge in [0.1, 0.15) is 5.78 Å². The molecule has 56 valence electrons. The first-order valence-corrected chi connectivity index (χ1v) is 3.26. The average molecular weight is 132 g/mol. The standard InChI is InChI=1S/C7H14O.H2O/c1-3-4-5-6-7(2)8;/h3-6H2,1-2H3;1H2. The van der Waals surface area contributed by atoms with Gasteiger partial charge in [0.15, 0.2) is 0 Å². The van der Waals surface area contributed by atoms with Crippen molar-refractivity contribution in [2.24, 2.45) is 0 Å². The molecule has 0 aliphatic rings. The summed E-state index contributed by atoms with van der Waals surface area (Å²) in [5, 5.41) is 0. The maximum atomic E-state index is 10.3. The molecule has 0 saturated heterocycles. The Kier molecular flexibility index (Phi) is 9.69. The van der Waals surface area contributed by atoms with Crippen LogP contribution in [0.4, 0.5) is 0 Å². The van der Waals surface area contributed by atoms with Gasteiger partial charge in [0.05, 0.1) is 0 Å². The van der Waals surface area contributed by atoms with Gasteiger partial charge in [-0.3, -0.25) is 0 Å². The van der Waals surface area contributed by atoms with Crippen molar-refractivity contribution in [3.8, 4) is 0 Å². The molecule has 0 fully saturated rings. The lowest BCUT2D eigenvalue weighted by Gasteiger charge is -1.90. The van der Waals surface area contributed by atoms with Gasteiger partial charge in [-0.25, -0.2) is 0 Å². The van der Waals surface area contributed by atoms with Crippen molar-refractivity contribution in [1.82, 2.24) is 0 Å². The lowest BCUT2D eigenvalue weighted by atomic mass is 10.2. The number of unbranched alkanes of at least 4 members (excludes halogenated alkanes) is 2. The van der Waals surface area contributed by atoms with Crippen LogP contribution in [-0.2, 0) is 4.79 Å². The molecular formula is C7H16O2. The maximum Gasteiger partial charge on any atom is 0.129 e. The first-order chi connectivity index (χ1) is 3.77. The summed E-state index contributed by atoms with van der Waals surface area (Å²) in [6.07, 6.45) is 4.24. The molecule has 0 saturated carbocycles. The molecular weight excluding hydrogens is 116 g/mol. The van der Waals surface area contributed by atoms with E-state index in [1.165, 1.54) is 12.8 Å². The predicted octanol–water partition coefficient (Wildman–Crippen LogP) is 1.33. The summed E-state index contributed by atoms with van der Waals surface area (Å²) < 4.78 is 0. The van der Waals surface area contributed by atoms with Gasteiger partial charge < -0.3 is 10.3 Å². The van der Waals surface area contributed by atoms with E-state index in [4.69, 9.17) is 0 Å². The van der Waals surface area contributed by atoms with E-state index in [0.717, 1.165) is 12.8 Å². The molecule has 0 aliphatic heterocycles. The van der Waals surface area contributed by atoms with Crippen molar-refractivity contribution in [3.63, 3.8) is 0 Å². The third-order valence-corrected chi connectivity index (χ3v) is 1.13. The van der Waals surface area contributed by atoms with Gasteiger partial charge in [-0.2, -0.15) is 0 Å². The largest absolute Gasteiger partial charge is 0.412 e. The Labute approximate surface area is 56.6 Å². The molecule has 0 rings (SSSR count). The minimum Gasteiger partial charge on any atom is -0.412 e. The molecule has 0 radical (unpaired) electrons. The highest BCUT2D eigenvalue weighted by molar-refractivity contribution is 5.75. The SMILES string of the molecule is CCCCCC(C)=O.O. The molecule has 0 spiro atoms. The van der Waals surface area contributed by atoms with Gasteiger partial charge in [0, 0.05) is 6.42 Å². The van der Waals surface area contributed by atoms with Crippen molar-refractivity contribution in [2.75, 3.05) is 0 Å². The van der Waals surface area contributed by atoms with Crippen molar-refractivity contribution < 1.29 is 10.3 Å². The highest BCUT2D eigenvalue weighted by Crippen LogP contribution is 1.98. The molecule has 2 nitrogen and oxygen atoms in total. The predicted molar refractivity (Wildman–Crippen MR) is 38.4 cm³/mol. The number of carbonyl (C=O) groups is 1. The number of ketones is 1. The first-order valence-electron chi connectivity index (χ1n) is 3.26. The second kappa shape index (κ2) is 7.63. The van der Waals surface area contributed by atoms with Gasteiger partial charge >= 0.3 is 0 Å². The zero-order valence-corrected chi connectivity index (χ0v) is 6.24. The van der Waals surface area contributed by atoms with Crippen LogP contribution in [0.5, 0.6) is 0 Å². The molecule has 0 atom stereocenters. The summed E-state index contributed by atoms with van der Waals surface area (Å²) >= 11 is 0. The van der Waals surface area contributed by atoms with Gasteiger partial charge in [-0.05, 0) is 13.3 Å². The topological polar surface area (TPSA) is 48.6 Å². The lowest BCUT2D eigenvalue weighted by Crippen LogP contribution is -1.87. The highest BCUT2D eigenvalue weighted by atomic mass is 16.1. The van der Waals surface area contributed by atoms with Gasteiger partial charge in [-0.15, -0.1) is 0 Å². The van der Waals surface area contributed by atoms with E-state index in [-0.39, 0.29) is 5.48 Å². The van der Waals surface area contributed by atoms with Crippen molar-refractivity contribution in [1.29, 1.82) is 0 Å². The molecule has 9 heavy (non-hydrogen) atoms. The van der Waals surface area contributed by atoms with Crippen molar-refractivity contribution in [3.05, 3.63) is 0 Å². The molecule has 0 amide bonds. The summed E-state index contributed by atoms with van der Waals surface area (Å²) in [7, 11) is 0. The molecule has 0 aromatic heterocycles. The maximum absolute atomic E-state index is 10.3. The zero-order valence-electron chi connectivity index (χ0n) is 6.24. The van der Waals surface area contributed by atoms with Crippen LogP contribution >= 0.6 is 0 Å². The molecule has 0 bridgehead atoms. The number of Topliss-reactive ketones (excluding diaryl/α,β-unsaturated/α-hetero) is 1. The third kappa shape index (κ3) is 11.3. The molecule has 0 aromatic rings. The minimum atomic E-state index is 0. The van der Waals surface area contributed by atoms with E-state index < -0.39 is 0 Å². The van der Waals surface area contributed by atoms with Crippen LogP contribution < -0.4 is 0 Å². The fourth-order valence-electron chi connectivity index (χ4n) is 0.624. The second-order valence-electron chi connectivity index (χ2n) is 2.16. The summed E-state index contributed by atoms with van der Waals surface area (Å²) in [4.78, 5) is 10.3. The number of hydrogen-bond acceptors (Lipinski definition) is 1. The number of carbonyl (C=O) groups excluding carboxylic acids is 1. The van der Waals surface area contributed by atoms with Gasteiger partial charge in [0.2, 0.25) is 0 Å². The molecule has 0 unspecified atom stereocenters. The van der Waals surface area contributed by atoms with Crippen LogP contribution in [0.1, 0.15) is 39.5 Å². The fraction of sp³-hybridized carbons (Fsp3) is 0.857. The van der Waals surface area contributed by atoms with E-state index in [9.17, 15) is 4.79 Å². The smallest absolute Gasteiger partial charge is 0.129 e. The third-order valence-electron chi connectivity index (χ3n) is 1.13. The summed E-state index contributed by atoms with van der Waals surface area (Å²) in [6.45, 7) is 3.79. The second-order valence-corrected chi connectivity index (χ2v) is 2.16. The Hall–Kier alpha value is -0.370. The Bertz CT molecular complexity index is 69.3. The highest BCUT2D eigenvalue weighted by Gasteiger charge is 1.89. The average Bonchev–Trinajstić information content (AvgIpc) is 1.66. The van der Waals surface area contributed by atoms with Crippen LogP contribution in [0, 0.1) is 0 Å². The molecule has 0 aliphatic carbocycles. The van der Waals surface area contributed by atoms with E-state index in [1.807, 2.05) is 0 Å². The normalized spacial score (nSPS) is 8.22.